The molecule has 2 aromatic carbocycles. The molecule has 0 fully saturated rings. The number of nitrogens with two attached hydrogens (primary N) is 1. The maximum atomic E-state index is 11.2. The molecule has 0 aromatic heterocycles. The van der Waals surface area contributed by atoms with Gasteiger partial charge in [0.25, 0.3) is 0 Å². The molecule has 0 aliphatic carbocycles. The molecule has 6 heteroatoms. The Morgan fingerprint density at radius 3 is 2.05 bits per heavy atom. The van der Waals surface area contributed by atoms with E-state index in [9.17, 15) is 8.42 Å². The zero-order chi connectivity index (χ0) is 13.2. The van der Waals surface area contributed by atoms with Crippen molar-refractivity contribution in [2.75, 3.05) is 12.0 Å². The quantitative estimate of drug-likeness (QED) is 0.512. The maximum Gasteiger partial charge on any atom is 0.306 e. The average molecular weight is 370 g/mol. The minimum atomic E-state index is -3.56. The minimum Gasteiger partial charge on any atom is -0.398 e. The van der Waals surface area contributed by atoms with Crippen molar-refractivity contribution in [3.63, 3.8) is 0 Å². The van der Waals surface area contributed by atoms with E-state index in [1.54, 1.807) is 30.3 Å². The second-order valence-electron chi connectivity index (χ2n) is 3.87. The van der Waals surface area contributed by atoms with Crippen molar-refractivity contribution in [3.05, 3.63) is 48.5 Å². The first-order chi connectivity index (χ1) is 8.47. The minimum absolute atomic E-state index is 0. The Kier molecular flexibility index (Phi) is 5.13. The molecule has 0 saturated carbocycles. The van der Waals surface area contributed by atoms with Crippen LogP contribution in [0.3, 0.4) is 0 Å². The molecule has 0 bridgehead atoms. The molecule has 2 aromatic rings. The molecule has 0 unspecified atom stereocenters. The van der Waals surface area contributed by atoms with Gasteiger partial charge in [-0.25, -0.2) is 0 Å². The summed E-state index contributed by atoms with van der Waals surface area (Å²) in [6.07, 6.45) is 1.01. The largest absolute Gasteiger partial charge is 0.398 e. The van der Waals surface area contributed by atoms with Crippen LogP contribution in [-0.2, 0) is 30.5 Å². The molecule has 2 rings (SSSR count). The molecule has 2 N–H and O–H groups in total. The molecule has 0 atom stereocenters. The summed E-state index contributed by atoms with van der Waals surface area (Å²) < 4.78 is 27.4. The average Bonchev–Trinajstić information content (AvgIpc) is 2.29. The van der Waals surface area contributed by atoms with Gasteiger partial charge in [-0.3, -0.25) is 0 Å². The summed E-state index contributed by atoms with van der Waals surface area (Å²) in [7, 11) is -3.56. The molecule has 0 aliphatic heterocycles. The van der Waals surface area contributed by atoms with E-state index in [4.69, 9.17) is 9.92 Å². The molecule has 0 heterocycles. The Labute approximate surface area is 126 Å². The summed E-state index contributed by atoms with van der Waals surface area (Å²) in [5.41, 5.74) is 7.85. The Morgan fingerprint density at radius 2 is 1.47 bits per heavy atom. The summed E-state index contributed by atoms with van der Waals surface area (Å²) >= 11 is 0. The van der Waals surface area contributed by atoms with E-state index in [0.29, 0.717) is 11.3 Å². The van der Waals surface area contributed by atoms with Crippen LogP contribution in [0.1, 0.15) is 0 Å². The van der Waals surface area contributed by atoms with Gasteiger partial charge in [-0.15, -0.1) is 0 Å². The van der Waals surface area contributed by atoms with E-state index < -0.39 is 10.1 Å². The van der Waals surface area contributed by atoms with Crippen molar-refractivity contribution in [2.45, 2.75) is 0 Å². The standard InChI is InChI=1S/C13H13NO3S.Pd/c1-18(15,16)17-13-9-5-3-7-11(13)10-6-2-4-8-12(10)14;/h2-9H,14H2,1H3;. The van der Waals surface area contributed by atoms with Crippen molar-refractivity contribution in [1.29, 1.82) is 0 Å². The van der Waals surface area contributed by atoms with E-state index in [2.05, 4.69) is 0 Å². The Hall–Kier alpha value is -1.35. The number of para-hydroxylation sites is 2. The molecular weight excluding hydrogens is 357 g/mol. The summed E-state index contributed by atoms with van der Waals surface area (Å²) in [5.74, 6) is 0.276. The molecule has 0 saturated heterocycles. The van der Waals surface area contributed by atoms with Gasteiger partial charge in [-0.05, 0) is 12.1 Å². The van der Waals surface area contributed by atoms with Gasteiger partial charge in [0, 0.05) is 37.2 Å². The summed E-state index contributed by atoms with van der Waals surface area (Å²) in [6, 6.07) is 14.1. The van der Waals surface area contributed by atoms with Crippen LogP contribution in [-0.4, -0.2) is 14.7 Å². The first kappa shape index (κ1) is 15.7. The zero-order valence-corrected chi connectivity index (χ0v) is 12.5. The third kappa shape index (κ3) is 4.07. The third-order valence-corrected chi connectivity index (χ3v) is 2.86. The van der Waals surface area contributed by atoms with Gasteiger partial charge in [0.2, 0.25) is 0 Å². The molecule has 19 heavy (non-hydrogen) atoms. The number of anilines is 1. The molecular formula is C13H13NO3PdS. The number of hydrogen-bond donors (Lipinski definition) is 1. The van der Waals surface area contributed by atoms with Crippen LogP contribution < -0.4 is 9.92 Å². The fourth-order valence-corrected chi connectivity index (χ4v) is 2.14. The number of hydrogen-bond acceptors (Lipinski definition) is 4. The normalized spacial score (nSPS) is 10.6. The first-order valence-electron chi connectivity index (χ1n) is 5.31. The molecule has 0 spiro atoms. The van der Waals surface area contributed by atoms with Gasteiger partial charge in [0.1, 0.15) is 5.75 Å². The van der Waals surface area contributed by atoms with Crippen LogP contribution in [0.5, 0.6) is 5.75 Å². The maximum absolute atomic E-state index is 11.2. The van der Waals surface area contributed by atoms with Gasteiger partial charge in [-0.1, -0.05) is 36.4 Å². The van der Waals surface area contributed by atoms with E-state index >= 15 is 0 Å². The van der Waals surface area contributed by atoms with E-state index in [-0.39, 0.29) is 26.2 Å². The van der Waals surface area contributed by atoms with Crippen molar-refractivity contribution in [1.82, 2.24) is 0 Å². The second-order valence-corrected chi connectivity index (χ2v) is 5.45. The molecule has 0 radical (unpaired) electrons. The van der Waals surface area contributed by atoms with E-state index in [1.807, 2.05) is 18.2 Å². The van der Waals surface area contributed by atoms with Crippen LogP contribution in [0.25, 0.3) is 11.1 Å². The van der Waals surface area contributed by atoms with E-state index in [0.717, 1.165) is 11.8 Å². The SMILES string of the molecule is CS(=O)(=O)Oc1ccccc1-c1ccccc1N.[Pd]. The smallest absolute Gasteiger partial charge is 0.306 e. The molecule has 104 valence electrons. The van der Waals surface area contributed by atoms with Crippen molar-refractivity contribution < 1.29 is 33.0 Å². The topological polar surface area (TPSA) is 69.4 Å². The number of benzene rings is 2. The predicted molar refractivity (Wildman–Crippen MR) is 71.8 cm³/mol. The molecule has 0 amide bonds. The van der Waals surface area contributed by atoms with Gasteiger partial charge in [-0.2, -0.15) is 8.42 Å². The zero-order valence-electron chi connectivity index (χ0n) is 10.1. The summed E-state index contributed by atoms with van der Waals surface area (Å²) in [5, 5.41) is 0. The fraction of sp³-hybridized carbons (Fsp3) is 0.0769. The first-order valence-corrected chi connectivity index (χ1v) is 7.12. The molecule has 4 nitrogen and oxygen atoms in total. The van der Waals surface area contributed by atoms with Gasteiger partial charge < -0.3 is 9.92 Å². The molecule has 0 aliphatic rings. The van der Waals surface area contributed by atoms with Crippen LogP contribution in [0.4, 0.5) is 5.69 Å². The van der Waals surface area contributed by atoms with Gasteiger partial charge in [0.05, 0.1) is 6.26 Å². The van der Waals surface area contributed by atoms with Crippen molar-refractivity contribution in [3.8, 4) is 16.9 Å². The monoisotopic (exact) mass is 369 g/mol. The van der Waals surface area contributed by atoms with Crippen LogP contribution >= 0.6 is 0 Å². The number of nitrogen functional groups attached to an aromatic ring is 1. The predicted octanol–water partition coefficient (Wildman–Crippen LogP) is 2.27. The Bertz CT molecular complexity index is 671. The third-order valence-electron chi connectivity index (χ3n) is 2.38. The van der Waals surface area contributed by atoms with Gasteiger partial charge in [0.15, 0.2) is 0 Å². The summed E-state index contributed by atoms with van der Waals surface area (Å²) in [6.45, 7) is 0. The van der Waals surface area contributed by atoms with Gasteiger partial charge >= 0.3 is 10.1 Å². The van der Waals surface area contributed by atoms with Crippen molar-refractivity contribution >= 4 is 15.8 Å². The van der Waals surface area contributed by atoms with Crippen LogP contribution in [0, 0.1) is 0 Å². The Balaban J connectivity index is 0.00000180. The van der Waals surface area contributed by atoms with Crippen LogP contribution in [0.2, 0.25) is 0 Å². The number of rotatable bonds is 3. The summed E-state index contributed by atoms with van der Waals surface area (Å²) in [4.78, 5) is 0. The fourth-order valence-electron chi connectivity index (χ4n) is 1.67. The Morgan fingerprint density at radius 1 is 0.947 bits per heavy atom. The van der Waals surface area contributed by atoms with Crippen LogP contribution in [0.15, 0.2) is 48.5 Å². The van der Waals surface area contributed by atoms with E-state index in [1.165, 1.54) is 0 Å². The second kappa shape index (κ2) is 6.20. The van der Waals surface area contributed by atoms with Crippen molar-refractivity contribution in [2.24, 2.45) is 0 Å².